The lowest BCUT2D eigenvalue weighted by Crippen LogP contribution is -2.42. The van der Waals surface area contributed by atoms with E-state index in [4.69, 9.17) is 14.5 Å². The summed E-state index contributed by atoms with van der Waals surface area (Å²) in [5.74, 6) is 1.63. The molecule has 0 unspecified atom stereocenters. The number of nitrogens with zero attached hydrogens (tertiary/aromatic N) is 6. The third-order valence-electron chi connectivity index (χ3n) is 5.34. The topological polar surface area (TPSA) is 85.6 Å². The lowest BCUT2D eigenvalue weighted by molar-refractivity contribution is 0.0189. The van der Waals surface area contributed by atoms with Crippen molar-refractivity contribution in [3.05, 3.63) is 12.2 Å². The van der Waals surface area contributed by atoms with Crippen molar-refractivity contribution in [2.75, 3.05) is 44.3 Å². The number of hydrogen-bond donors (Lipinski definition) is 0. The van der Waals surface area contributed by atoms with E-state index < -0.39 is 5.60 Å². The van der Waals surface area contributed by atoms with Gasteiger partial charge in [-0.25, -0.2) is 19.7 Å². The third kappa shape index (κ3) is 4.29. The molecule has 29 heavy (non-hydrogen) atoms. The number of morpholine rings is 1. The van der Waals surface area contributed by atoms with Gasteiger partial charge >= 0.3 is 6.09 Å². The lowest BCUT2D eigenvalue weighted by Gasteiger charge is -2.34. The van der Waals surface area contributed by atoms with Gasteiger partial charge in [-0.2, -0.15) is 0 Å². The minimum absolute atomic E-state index is 0.237. The maximum absolute atomic E-state index is 12.3. The Hall–Kier alpha value is -2.42. The second-order valence-electron chi connectivity index (χ2n) is 8.72. The summed E-state index contributed by atoms with van der Waals surface area (Å²) < 4.78 is 13.1. The number of imidazole rings is 1. The van der Waals surface area contributed by atoms with Crippen molar-refractivity contribution in [1.29, 1.82) is 0 Å². The quantitative estimate of drug-likeness (QED) is 0.763. The van der Waals surface area contributed by atoms with Gasteiger partial charge in [-0.15, -0.1) is 0 Å². The fraction of sp³-hybridized carbons (Fsp3) is 0.700. The molecule has 1 amide bonds. The largest absolute Gasteiger partial charge is 0.444 e. The summed E-state index contributed by atoms with van der Waals surface area (Å²) in [5.41, 5.74) is 1.24. The number of hydrogen-bond acceptors (Lipinski definition) is 7. The van der Waals surface area contributed by atoms with Crippen molar-refractivity contribution in [2.24, 2.45) is 0 Å². The van der Waals surface area contributed by atoms with Crippen LogP contribution in [0.25, 0.3) is 11.2 Å². The highest BCUT2D eigenvalue weighted by Crippen LogP contribution is 2.30. The Labute approximate surface area is 171 Å². The van der Waals surface area contributed by atoms with E-state index in [9.17, 15) is 4.79 Å². The molecule has 9 heteroatoms. The van der Waals surface area contributed by atoms with Crippen LogP contribution < -0.4 is 4.90 Å². The fourth-order valence-electron chi connectivity index (χ4n) is 3.92. The maximum Gasteiger partial charge on any atom is 0.410 e. The highest BCUT2D eigenvalue weighted by molar-refractivity contribution is 5.83. The number of amides is 1. The molecule has 0 radical (unpaired) electrons. The van der Waals surface area contributed by atoms with Gasteiger partial charge in [-0.1, -0.05) is 0 Å². The summed E-state index contributed by atoms with van der Waals surface area (Å²) in [6, 6.07) is 0.255. The number of rotatable bonds is 2. The van der Waals surface area contributed by atoms with Crippen molar-refractivity contribution < 1.29 is 14.3 Å². The molecule has 0 N–H and O–H groups in total. The summed E-state index contributed by atoms with van der Waals surface area (Å²) in [5, 5.41) is 0. The Kier molecular flexibility index (Phi) is 5.33. The number of ether oxygens (including phenoxy) is 2. The third-order valence-corrected chi connectivity index (χ3v) is 5.34. The molecular formula is C20H30N6O3. The van der Waals surface area contributed by atoms with Crippen molar-refractivity contribution in [3.8, 4) is 0 Å². The Morgan fingerprint density at radius 1 is 1.14 bits per heavy atom. The molecule has 2 aliphatic rings. The SMILES string of the molecule is Cc1nc(N2CCOCC2)c2ncn(C3CCN(C(=O)OC(C)(C)C)CC3)c2n1. The predicted molar refractivity (Wildman–Crippen MR) is 109 cm³/mol. The van der Waals surface area contributed by atoms with E-state index in [1.807, 2.05) is 34.0 Å². The molecule has 2 aliphatic heterocycles. The monoisotopic (exact) mass is 402 g/mol. The lowest BCUT2D eigenvalue weighted by atomic mass is 10.1. The highest BCUT2D eigenvalue weighted by atomic mass is 16.6. The summed E-state index contributed by atoms with van der Waals surface area (Å²) in [6.45, 7) is 12.0. The van der Waals surface area contributed by atoms with Gasteiger partial charge in [0, 0.05) is 32.2 Å². The van der Waals surface area contributed by atoms with Crippen LogP contribution in [0.2, 0.25) is 0 Å². The molecule has 158 valence electrons. The number of aryl methyl sites for hydroxylation is 1. The predicted octanol–water partition coefficient (Wildman–Crippen LogP) is 2.54. The molecule has 0 saturated carbocycles. The van der Waals surface area contributed by atoms with Crippen molar-refractivity contribution >= 4 is 23.1 Å². The molecular weight excluding hydrogens is 372 g/mol. The van der Waals surface area contributed by atoms with E-state index in [1.54, 1.807) is 4.90 Å². The molecule has 2 aromatic rings. The van der Waals surface area contributed by atoms with Gasteiger partial charge in [0.25, 0.3) is 0 Å². The Morgan fingerprint density at radius 3 is 2.48 bits per heavy atom. The maximum atomic E-state index is 12.3. The molecule has 2 aromatic heterocycles. The summed E-state index contributed by atoms with van der Waals surface area (Å²) in [6.07, 6.45) is 3.33. The fourth-order valence-corrected chi connectivity index (χ4v) is 3.92. The molecule has 2 saturated heterocycles. The molecule has 4 rings (SSSR count). The zero-order chi connectivity index (χ0) is 20.6. The highest BCUT2D eigenvalue weighted by Gasteiger charge is 2.29. The first-order valence-electron chi connectivity index (χ1n) is 10.3. The molecule has 4 heterocycles. The summed E-state index contributed by atoms with van der Waals surface area (Å²) >= 11 is 0. The van der Waals surface area contributed by atoms with Crippen LogP contribution >= 0.6 is 0 Å². The molecule has 0 bridgehead atoms. The van der Waals surface area contributed by atoms with Gasteiger partial charge in [-0.05, 0) is 40.5 Å². The number of anilines is 1. The minimum atomic E-state index is -0.473. The van der Waals surface area contributed by atoms with Crippen LogP contribution in [-0.2, 0) is 9.47 Å². The zero-order valence-corrected chi connectivity index (χ0v) is 17.7. The van der Waals surface area contributed by atoms with E-state index >= 15 is 0 Å². The van der Waals surface area contributed by atoms with Crippen LogP contribution in [0.4, 0.5) is 10.6 Å². The zero-order valence-electron chi connectivity index (χ0n) is 17.7. The van der Waals surface area contributed by atoms with Crippen LogP contribution in [0.3, 0.4) is 0 Å². The number of carbonyl (C=O) groups is 1. The van der Waals surface area contributed by atoms with Gasteiger partial charge in [0.1, 0.15) is 11.4 Å². The van der Waals surface area contributed by atoms with Gasteiger partial charge in [-0.3, -0.25) is 0 Å². The van der Waals surface area contributed by atoms with E-state index in [-0.39, 0.29) is 12.1 Å². The first-order valence-corrected chi connectivity index (χ1v) is 10.3. The van der Waals surface area contributed by atoms with Crippen LogP contribution in [0.1, 0.15) is 45.5 Å². The molecule has 2 fully saturated rings. The number of fused-ring (bicyclic) bond motifs is 1. The Morgan fingerprint density at radius 2 is 1.83 bits per heavy atom. The van der Waals surface area contributed by atoms with E-state index in [0.29, 0.717) is 26.3 Å². The molecule has 0 aromatic carbocycles. The van der Waals surface area contributed by atoms with Gasteiger partial charge in [0.2, 0.25) is 0 Å². The average molecular weight is 402 g/mol. The van der Waals surface area contributed by atoms with Gasteiger partial charge in [0.05, 0.1) is 19.5 Å². The van der Waals surface area contributed by atoms with Crippen LogP contribution in [0.15, 0.2) is 6.33 Å². The Bertz CT molecular complexity index is 876. The second-order valence-corrected chi connectivity index (χ2v) is 8.72. The van der Waals surface area contributed by atoms with Crippen molar-refractivity contribution in [2.45, 2.75) is 52.2 Å². The smallest absolute Gasteiger partial charge is 0.410 e. The molecule has 9 nitrogen and oxygen atoms in total. The van der Waals surface area contributed by atoms with Crippen LogP contribution in [0, 0.1) is 6.92 Å². The molecule has 0 aliphatic carbocycles. The van der Waals surface area contributed by atoms with Crippen molar-refractivity contribution in [1.82, 2.24) is 24.4 Å². The molecule has 0 atom stereocenters. The molecule has 0 spiro atoms. The number of carbonyl (C=O) groups excluding carboxylic acids is 1. The van der Waals surface area contributed by atoms with Crippen LogP contribution in [-0.4, -0.2) is 75.5 Å². The summed E-state index contributed by atoms with van der Waals surface area (Å²) in [7, 11) is 0. The van der Waals surface area contributed by atoms with Crippen LogP contribution in [0.5, 0.6) is 0 Å². The van der Waals surface area contributed by atoms with E-state index in [0.717, 1.165) is 48.7 Å². The van der Waals surface area contributed by atoms with Gasteiger partial charge in [0.15, 0.2) is 17.0 Å². The average Bonchev–Trinajstić information content (AvgIpc) is 3.10. The summed E-state index contributed by atoms with van der Waals surface area (Å²) in [4.78, 5) is 30.4. The Balaban J connectivity index is 1.52. The normalized spacial score (nSPS) is 19.0. The van der Waals surface area contributed by atoms with E-state index in [2.05, 4.69) is 19.4 Å². The second kappa shape index (κ2) is 7.78. The minimum Gasteiger partial charge on any atom is -0.444 e. The number of aromatic nitrogens is 4. The van der Waals surface area contributed by atoms with Gasteiger partial charge < -0.3 is 23.8 Å². The number of likely N-dealkylation sites (tertiary alicyclic amines) is 1. The van der Waals surface area contributed by atoms with Crippen molar-refractivity contribution in [3.63, 3.8) is 0 Å². The first-order chi connectivity index (χ1) is 13.8. The number of piperidine rings is 1. The van der Waals surface area contributed by atoms with E-state index in [1.165, 1.54) is 0 Å². The first kappa shape index (κ1) is 19.9. The standard InChI is InChI=1S/C20H30N6O3/c1-14-22-17(24-9-11-28-12-10-24)16-18(23-14)26(13-21-16)15-5-7-25(8-6-15)19(27)29-20(2,3)4/h13,15H,5-12H2,1-4H3.